The number of likely N-dealkylation sites (N-methyl/N-ethyl adjacent to an activating group) is 1. The van der Waals surface area contributed by atoms with Crippen molar-refractivity contribution in [2.45, 2.75) is 46.1 Å². The summed E-state index contributed by atoms with van der Waals surface area (Å²) in [5.41, 5.74) is 0.188. The van der Waals surface area contributed by atoms with Gasteiger partial charge in [0, 0.05) is 6.54 Å². The van der Waals surface area contributed by atoms with E-state index in [0.717, 1.165) is 19.4 Å². The molecule has 1 heterocycles. The summed E-state index contributed by atoms with van der Waals surface area (Å²) in [5, 5.41) is 9.07. The Morgan fingerprint density at radius 3 is 2.67 bits per heavy atom. The van der Waals surface area contributed by atoms with Crippen LogP contribution in [0.1, 0.15) is 40.0 Å². The molecule has 15 heavy (non-hydrogen) atoms. The first-order chi connectivity index (χ1) is 6.88. The molecular formula is C12H23NO2. The monoisotopic (exact) mass is 213 g/mol. The van der Waals surface area contributed by atoms with Gasteiger partial charge in [-0.05, 0) is 31.2 Å². The van der Waals surface area contributed by atoms with Crippen molar-refractivity contribution in [1.82, 2.24) is 4.90 Å². The van der Waals surface area contributed by atoms with Gasteiger partial charge in [-0.15, -0.1) is 0 Å². The van der Waals surface area contributed by atoms with Crippen molar-refractivity contribution < 1.29 is 9.90 Å². The van der Waals surface area contributed by atoms with E-state index in [4.69, 9.17) is 5.11 Å². The molecule has 0 aliphatic carbocycles. The van der Waals surface area contributed by atoms with E-state index in [1.807, 2.05) is 11.9 Å². The maximum Gasteiger partial charge on any atom is 0.320 e. The van der Waals surface area contributed by atoms with Gasteiger partial charge >= 0.3 is 5.97 Å². The lowest BCUT2D eigenvalue weighted by Gasteiger charge is -2.26. The number of likely N-dealkylation sites (tertiary alicyclic amines) is 1. The Hall–Kier alpha value is -0.570. The summed E-state index contributed by atoms with van der Waals surface area (Å²) >= 11 is 0. The second kappa shape index (κ2) is 4.52. The van der Waals surface area contributed by atoms with E-state index in [2.05, 4.69) is 20.8 Å². The van der Waals surface area contributed by atoms with Crippen LogP contribution in [-0.4, -0.2) is 35.6 Å². The predicted molar refractivity (Wildman–Crippen MR) is 60.8 cm³/mol. The van der Waals surface area contributed by atoms with Gasteiger partial charge in [-0.3, -0.25) is 9.69 Å². The van der Waals surface area contributed by atoms with Crippen LogP contribution in [0.3, 0.4) is 0 Å². The Kier molecular flexibility index (Phi) is 3.77. The lowest BCUT2D eigenvalue weighted by molar-refractivity contribution is -0.141. The van der Waals surface area contributed by atoms with Gasteiger partial charge in [-0.2, -0.15) is 0 Å². The highest BCUT2D eigenvalue weighted by Gasteiger charge is 2.42. The third-order valence-corrected chi connectivity index (χ3v) is 3.67. The van der Waals surface area contributed by atoms with Crippen LogP contribution in [-0.2, 0) is 4.79 Å². The first kappa shape index (κ1) is 12.5. The molecule has 0 bridgehead atoms. The van der Waals surface area contributed by atoms with Crippen LogP contribution in [0.15, 0.2) is 0 Å². The quantitative estimate of drug-likeness (QED) is 0.778. The smallest absolute Gasteiger partial charge is 0.320 e. The summed E-state index contributed by atoms with van der Waals surface area (Å²) in [5.74, 6) is 0.0151. The summed E-state index contributed by atoms with van der Waals surface area (Å²) < 4.78 is 0. The summed E-state index contributed by atoms with van der Waals surface area (Å²) in [4.78, 5) is 13.0. The maximum atomic E-state index is 11.0. The molecule has 0 aromatic heterocycles. The SMILES string of the molecule is CCC(C)CC1(C)CC(C(=O)O)N(C)C1. The predicted octanol–water partition coefficient (Wildman–Crippen LogP) is 2.22. The third-order valence-electron chi connectivity index (χ3n) is 3.67. The normalized spacial score (nSPS) is 34.3. The van der Waals surface area contributed by atoms with Gasteiger partial charge in [0.2, 0.25) is 0 Å². The minimum Gasteiger partial charge on any atom is -0.480 e. The first-order valence-corrected chi connectivity index (χ1v) is 5.81. The van der Waals surface area contributed by atoms with Crippen LogP contribution < -0.4 is 0 Å². The highest BCUT2D eigenvalue weighted by Crippen LogP contribution is 2.39. The zero-order chi connectivity index (χ0) is 11.6. The molecule has 1 aliphatic heterocycles. The minimum atomic E-state index is -0.676. The summed E-state index contributed by atoms with van der Waals surface area (Å²) in [6, 6.07) is -0.279. The van der Waals surface area contributed by atoms with E-state index in [-0.39, 0.29) is 11.5 Å². The molecule has 0 spiro atoms. The maximum absolute atomic E-state index is 11.0. The van der Waals surface area contributed by atoms with Gasteiger partial charge < -0.3 is 5.11 Å². The Morgan fingerprint density at radius 1 is 1.67 bits per heavy atom. The summed E-state index contributed by atoms with van der Waals surface area (Å²) in [7, 11) is 1.92. The largest absolute Gasteiger partial charge is 0.480 e. The molecule has 0 saturated carbocycles. The number of carboxylic acids is 1. The van der Waals surface area contributed by atoms with E-state index in [1.54, 1.807) is 0 Å². The van der Waals surface area contributed by atoms with Gasteiger partial charge in [-0.25, -0.2) is 0 Å². The highest BCUT2D eigenvalue weighted by atomic mass is 16.4. The number of hydrogen-bond donors (Lipinski definition) is 1. The second-order valence-corrected chi connectivity index (χ2v) is 5.50. The fourth-order valence-electron chi connectivity index (χ4n) is 2.81. The average Bonchev–Trinajstić information content (AvgIpc) is 2.41. The second-order valence-electron chi connectivity index (χ2n) is 5.50. The van der Waals surface area contributed by atoms with Crippen LogP contribution in [0.5, 0.6) is 0 Å². The van der Waals surface area contributed by atoms with Crippen LogP contribution in [0.25, 0.3) is 0 Å². The fourth-order valence-corrected chi connectivity index (χ4v) is 2.81. The van der Waals surface area contributed by atoms with Crippen molar-refractivity contribution in [3.63, 3.8) is 0 Å². The van der Waals surface area contributed by atoms with Gasteiger partial charge in [-0.1, -0.05) is 27.2 Å². The topological polar surface area (TPSA) is 40.5 Å². The van der Waals surface area contributed by atoms with E-state index in [1.165, 1.54) is 6.42 Å². The third kappa shape index (κ3) is 2.94. The van der Waals surface area contributed by atoms with Crippen LogP contribution in [0.2, 0.25) is 0 Å². The summed E-state index contributed by atoms with van der Waals surface area (Å²) in [6.45, 7) is 7.58. The molecule has 88 valence electrons. The zero-order valence-corrected chi connectivity index (χ0v) is 10.3. The number of carboxylic acid groups (broad SMARTS) is 1. The van der Waals surface area contributed by atoms with Crippen molar-refractivity contribution in [2.24, 2.45) is 11.3 Å². The molecule has 1 saturated heterocycles. The minimum absolute atomic E-state index is 0.188. The lowest BCUT2D eigenvalue weighted by Crippen LogP contribution is -2.32. The van der Waals surface area contributed by atoms with Gasteiger partial charge in [0.05, 0.1) is 0 Å². The molecule has 3 unspecified atom stereocenters. The van der Waals surface area contributed by atoms with E-state index in [9.17, 15) is 4.79 Å². The molecular weight excluding hydrogens is 190 g/mol. The molecule has 0 amide bonds. The van der Waals surface area contributed by atoms with Crippen LogP contribution in [0, 0.1) is 11.3 Å². The molecule has 0 aromatic carbocycles. The van der Waals surface area contributed by atoms with Crippen molar-refractivity contribution in [3.05, 3.63) is 0 Å². The van der Waals surface area contributed by atoms with E-state index in [0.29, 0.717) is 5.92 Å². The molecule has 0 radical (unpaired) electrons. The number of aliphatic carboxylic acids is 1. The Labute approximate surface area is 92.5 Å². The Morgan fingerprint density at radius 2 is 2.27 bits per heavy atom. The highest BCUT2D eigenvalue weighted by molar-refractivity contribution is 5.74. The van der Waals surface area contributed by atoms with Crippen LogP contribution in [0.4, 0.5) is 0 Å². The molecule has 1 rings (SSSR count). The first-order valence-electron chi connectivity index (χ1n) is 5.81. The standard InChI is InChI=1S/C12H23NO2/c1-5-9(2)6-12(3)7-10(11(14)15)13(4)8-12/h9-10H,5-8H2,1-4H3,(H,14,15). The Balaban J connectivity index is 2.62. The molecule has 3 atom stereocenters. The van der Waals surface area contributed by atoms with Crippen molar-refractivity contribution >= 4 is 5.97 Å². The number of rotatable bonds is 4. The van der Waals surface area contributed by atoms with Crippen molar-refractivity contribution in [1.29, 1.82) is 0 Å². The summed E-state index contributed by atoms with van der Waals surface area (Å²) in [6.07, 6.45) is 3.11. The molecule has 0 aromatic rings. The number of hydrogen-bond acceptors (Lipinski definition) is 2. The van der Waals surface area contributed by atoms with Gasteiger partial charge in [0.15, 0.2) is 0 Å². The molecule has 1 N–H and O–H groups in total. The van der Waals surface area contributed by atoms with Crippen LogP contribution >= 0.6 is 0 Å². The molecule has 3 heteroatoms. The van der Waals surface area contributed by atoms with Crippen molar-refractivity contribution in [3.8, 4) is 0 Å². The van der Waals surface area contributed by atoms with Gasteiger partial charge in [0.25, 0.3) is 0 Å². The lowest BCUT2D eigenvalue weighted by atomic mass is 9.79. The molecule has 1 aliphatic rings. The number of carbonyl (C=O) groups is 1. The Bertz CT molecular complexity index is 242. The number of nitrogens with zero attached hydrogens (tertiary/aromatic N) is 1. The van der Waals surface area contributed by atoms with Crippen molar-refractivity contribution in [2.75, 3.05) is 13.6 Å². The fraction of sp³-hybridized carbons (Fsp3) is 0.917. The average molecular weight is 213 g/mol. The molecule has 1 fully saturated rings. The molecule has 3 nitrogen and oxygen atoms in total. The zero-order valence-electron chi connectivity index (χ0n) is 10.3. The van der Waals surface area contributed by atoms with Gasteiger partial charge in [0.1, 0.15) is 6.04 Å². The van der Waals surface area contributed by atoms with E-state index >= 15 is 0 Å². The van der Waals surface area contributed by atoms with E-state index < -0.39 is 5.97 Å².